The Morgan fingerprint density at radius 2 is 1.62 bits per heavy atom. The lowest BCUT2D eigenvalue weighted by Gasteiger charge is -2.03. The zero-order valence-electron chi connectivity index (χ0n) is 15.6. The first-order valence-corrected chi connectivity index (χ1v) is 9.06. The topological polar surface area (TPSA) is 137 Å². The Kier molecular flexibility index (Phi) is 4.80. The van der Waals surface area contributed by atoms with Crippen LogP contribution in [0.5, 0.6) is 0 Å². The predicted octanol–water partition coefficient (Wildman–Crippen LogP) is 3.39. The van der Waals surface area contributed by atoms with Crippen LogP contribution in [0.2, 0.25) is 0 Å². The third kappa shape index (κ3) is 3.59. The number of aromatic amines is 1. The molecule has 0 bridgehead atoms. The third-order valence-electron chi connectivity index (χ3n) is 4.71. The van der Waals surface area contributed by atoms with Crippen LogP contribution in [-0.2, 0) is 6.54 Å². The lowest BCUT2D eigenvalue weighted by molar-refractivity contribution is 0.112. The predicted molar refractivity (Wildman–Crippen MR) is 117 cm³/mol. The summed E-state index contributed by atoms with van der Waals surface area (Å²) in [5, 5.41) is 3.16. The normalized spacial score (nSPS) is 10.8. The van der Waals surface area contributed by atoms with Crippen molar-refractivity contribution in [2.75, 3.05) is 11.5 Å². The zero-order valence-corrected chi connectivity index (χ0v) is 15.6. The third-order valence-corrected chi connectivity index (χ3v) is 4.71. The number of benzene rings is 3. The Bertz CT molecular complexity index is 1340. The lowest BCUT2D eigenvalue weighted by atomic mass is 10.1. The minimum absolute atomic E-state index is 0.184. The number of aromatic nitrogens is 3. The van der Waals surface area contributed by atoms with Gasteiger partial charge in [0.1, 0.15) is 12.1 Å². The van der Waals surface area contributed by atoms with E-state index in [-0.39, 0.29) is 5.95 Å². The second-order valence-corrected chi connectivity index (χ2v) is 6.62. The molecule has 0 saturated carbocycles. The molecule has 3 aromatic carbocycles. The van der Waals surface area contributed by atoms with Crippen molar-refractivity contribution in [3.63, 3.8) is 0 Å². The number of hydrogen-bond donors (Lipinski definition) is 4. The highest BCUT2D eigenvalue weighted by Gasteiger charge is 2.04. The van der Waals surface area contributed by atoms with Gasteiger partial charge in [-0.1, -0.05) is 36.4 Å². The molecule has 5 rings (SSSR count). The number of rotatable bonds is 2. The molecule has 7 N–H and O–H groups in total. The van der Waals surface area contributed by atoms with Crippen molar-refractivity contribution >= 4 is 50.8 Å². The van der Waals surface area contributed by atoms with Crippen LogP contribution in [0.4, 0.5) is 11.8 Å². The highest BCUT2D eigenvalue weighted by molar-refractivity contribution is 6.08. The molecule has 0 spiro atoms. The van der Waals surface area contributed by atoms with Crippen molar-refractivity contribution in [1.29, 1.82) is 0 Å². The fourth-order valence-electron chi connectivity index (χ4n) is 3.29. The van der Waals surface area contributed by atoms with E-state index < -0.39 is 0 Å². The standard InChI is InChI=1S/C13H9NO.C9H11N5/c15-8-9-5-6-11-10-3-1-2-4-12(10)14-13(11)7-9;10-4-5-1-2-6-7(3-5)13-9(12)14-8(6)11/h1-8,14H;1-3H,4,10H2,(H4,11,12,13,14). The zero-order chi connectivity index (χ0) is 20.4. The van der Waals surface area contributed by atoms with E-state index in [1.165, 1.54) is 5.39 Å². The Balaban J connectivity index is 0.000000142. The van der Waals surface area contributed by atoms with Gasteiger partial charge in [-0.2, -0.15) is 4.98 Å². The van der Waals surface area contributed by atoms with Gasteiger partial charge in [-0.25, -0.2) is 4.98 Å². The summed E-state index contributed by atoms with van der Waals surface area (Å²) in [5.74, 6) is 0.584. The molecule has 0 amide bonds. The molecule has 0 aliphatic carbocycles. The number of nitrogen functional groups attached to an aromatic ring is 2. The molecule has 0 atom stereocenters. The Labute approximate surface area is 166 Å². The van der Waals surface area contributed by atoms with E-state index in [0.717, 1.165) is 39.2 Å². The monoisotopic (exact) mass is 384 g/mol. The van der Waals surface area contributed by atoms with Crippen LogP contribution >= 0.6 is 0 Å². The molecule has 29 heavy (non-hydrogen) atoms. The molecule has 2 heterocycles. The van der Waals surface area contributed by atoms with E-state index in [9.17, 15) is 4.79 Å². The first kappa shape index (κ1) is 18.4. The van der Waals surface area contributed by atoms with Crippen LogP contribution in [0.3, 0.4) is 0 Å². The molecule has 0 aliphatic rings. The number of para-hydroxylation sites is 1. The molecule has 0 fully saturated rings. The summed E-state index contributed by atoms with van der Waals surface area (Å²) in [4.78, 5) is 21.9. The van der Waals surface area contributed by atoms with Gasteiger partial charge in [0.25, 0.3) is 0 Å². The van der Waals surface area contributed by atoms with Crippen molar-refractivity contribution in [2.24, 2.45) is 5.73 Å². The minimum Gasteiger partial charge on any atom is -0.383 e. The van der Waals surface area contributed by atoms with E-state index in [4.69, 9.17) is 17.2 Å². The maximum Gasteiger partial charge on any atom is 0.222 e. The summed E-state index contributed by atoms with van der Waals surface area (Å²) in [6, 6.07) is 19.5. The average Bonchev–Trinajstić information content (AvgIpc) is 3.11. The Morgan fingerprint density at radius 1 is 0.862 bits per heavy atom. The molecule has 0 unspecified atom stereocenters. The second kappa shape index (κ2) is 7.57. The molecule has 5 aromatic rings. The van der Waals surface area contributed by atoms with Crippen molar-refractivity contribution in [3.8, 4) is 0 Å². The molecule has 0 radical (unpaired) electrons. The number of fused-ring (bicyclic) bond motifs is 4. The number of hydrogen-bond acceptors (Lipinski definition) is 6. The summed E-state index contributed by atoms with van der Waals surface area (Å²) in [6.07, 6.45) is 0.866. The number of H-pyrrole nitrogens is 1. The van der Waals surface area contributed by atoms with Crippen LogP contribution in [-0.4, -0.2) is 21.2 Å². The number of aldehydes is 1. The van der Waals surface area contributed by atoms with E-state index >= 15 is 0 Å². The minimum atomic E-state index is 0.184. The van der Waals surface area contributed by atoms with E-state index in [1.54, 1.807) is 0 Å². The van der Waals surface area contributed by atoms with Gasteiger partial charge >= 0.3 is 0 Å². The van der Waals surface area contributed by atoms with Crippen LogP contribution in [0.1, 0.15) is 15.9 Å². The van der Waals surface area contributed by atoms with Gasteiger partial charge in [0.2, 0.25) is 5.95 Å². The van der Waals surface area contributed by atoms with Crippen LogP contribution in [0.15, 0.2) is 60.7 Å². The number of carbonyl (C=O) groups excluding carboxylic acids is 1. The van der Waals surface area contributed by atoms with E-state index in [2.05, 4.69) is 21.0 Å². The number of nitrogens with one attached hydrogen (secondary N) is 1. The fourth-order valence-corrected chi connectivity index (χ4v) is 3.29. The quantitative estimate of drug-likeness (QED) is 0.344. The van der Waals surface area contributed by atoms with Crippen LogP contribution in [0, 0.1) is 0 Å². The number of anilines is 2. The molecule has 0 saturated heterocycles. The van der Waals surface area contributed by atoms with Gasteiger partial charge < -0.3 is 22.2 Å². The molecule has 2 aromatic heterocycles. The maximum atomic E-state index is 10.7. The summed E-state index contributed by atoms with van der Waals surface area (Å²) in [5.41, 5.74) is 21.2. The fraction of sp³-hybridized carbons (Fsp3) is 0.0455. The summed E-state index contributed by atoms with van der Waals surface area (Å²) >= 11 is 0. The van der Waals surface area contributed by atoms with E-state index in [0.29, 0.717) is 17.9 Å². The highest BCUT2D eigenvalue weighted by atomic mass is 16.1. The smallest absolute Gasteiger partial charge is 0.222 e. The first-order chi connectivity index (χ1) is 14.1. The van der Waals surface area contributed by atoms with Gasteiger partial charge in [-0.3, -0.25) is 4.79 Å². The highest BCUT2D eigenvalue weighted by Crippen LogP contribution is 2.25. The van der Waals surface area contributed by atoms with Gasteiger partial charge in [-0.15, -0.1) is 0 Å². The van der Waals surface area contributed by atoms with Crippen LogP contribution in [0.25, 0.3) is 32.7 Å². The van der Waals surface area contributed by atoms with Crippen molar-refractivity contribution in [3.05, 3.63) is 71.8 Å². The molecular formula is C22H20N6O. The maximum absolute atomic E-state index is 10.7. The lowest BCUT2D eigenvalue weighted by Crippen LogP contribution is -2.02. The number of carbonyl (C=O) groups is 1. The van der Waals surface area contributed by atoms with E-state index in [1.807, 2.05) is 54.6 Å². The summed E-state index contributed by atoms with van der Waals surface area (Å²) in [7, 11) is 0. The molecular weight excluding hydrogens is 364 g/mol. The molecule has 144 valence electrons. The Hall–Kier alpha value is -3.97. The van der Waals surface area contributed by atoms with Crippen molar-refractivity contribution in [2.45, 2.75) is 6.54 Å². The summed E-state index contributed by atoms with van der Waals surface area (Å²) < 4.78 is 0. The molecule has 0 aliphatic heterocycles. The first-order valence-electron chi connectivity index (χ1n) is 9.06. The molecule has 7 nitrogen and oxygen atoms in total. The SMILES string of the molecule is NCc1ccc2c(N)nc(N)nc2c1.O=Cc1ccc2c(c1)[nH]c1ccccc12. The van der Waals surface area contributed by atoms with Crippen LogP contribution < -0.4 is 17.2 Å². The average molecular weight is 384 g/mol. The van der Waals surface area contributed by atoms with Crippen molar-refractivity contribution < 1.29 is 4.79 Å². The Morgan fingerprint density at radius 3 is 2.41 bits per heavy atom. The number of nitrogens with zero attached hydrogens (tertiary/aromatic N) is 2. The van der Waals surface area contributed by atoms with Gasteiger partial charge in [0.05, 0.1) is 5.52 Å². The van der Waals surface area contributed by atoms with Gasteiger partial charge in [0, 0.05) is 39.3 Å². The van der Waals surface area contributed by atoms with Gasteiger partial charge in [0.15, 0.2) is 0 Å². The van der Waals surface area contributed by atoms with Crippen molar-refractivity contribution in [1.82, 2.24) is 15.0 Å². The number of nitrogens with two attached hydrogens (primary N) is 3. The largest absolute Gasteiger partial charge is 0.383 e. The summed E-state index contributed by atoms with van der Waals surface area (Å²) in [6.45, 7) is 0.472. The van der Waals surface area contributed by atoms with Gasteiger partial charge in [-0.05, 0) is 29.8 Å². The second-order valence-electron chi connectivity index (χ2n) is 6.62. The molecule has 7 heteroatoms.